The summed E-state index contributed by atoms with van der Waals surface area (Å²) in [7, 11) is -1.95. The van der Waals surface area contributed by atoms with E-state index in [1.54, 1.807) is 37.4 Å². The summed E-state index contributed by atoms with van der Waals surface area (Å²) in [5.74, 6) is 0.482. The summed E-state index contributed by atoms with van der Waals surface area (Å²) in [4.78, 5) is 15.5. The van der Waals surface area contributed by atoms with Crippen LogP contribution in [-0.2, 0) is 21.2 Å². The second kappa shape index (κ2) is 8.16. The van der Waals surface area contributed by atoms with Crippen LogP contribution in [0.1, 0.15) is 24.8 Å². The van der Waals surface area contributed by atoms with Crippen molar-refractivity contribution in [3.8, 4) is 5.75 Å². The number of piperidine rings is 1. The molecule has 2 heterocycles. The van der Waals surface area contributed by atoms with Crippen molar-refractivity contribution in [2.45, 2.75) is 30.6 Å². The monoisotopic (exact) mass is 414 g/mol. The minimum Gasteiger partial charge on any atom is -0.497 e. The van der Waals surface area contributed by atoms with Gasteiger partial charge in [0.05, 0.1) is 17.9 Å². The number of hydrogen-bond donors (Lipinski definition) is 0. The molecular weight excluding hydrogens is 388 g/mol. The van der Waals surface area contributed by atoms with E-state index in [-0.39, 0.29) is 23.3 Å². The fourth-order valence-corrected chi connectivity index (χ4v) is 5.80. The zero-order chi connectivity index (χ0) is 20.4. The second-order valence-electron chi connectivity index (χ2n) is 7.60. The Labute approximate surface area is 172 Å². The smallest absolute Gasteiger partial charge is 0.243 e. The number of rotatable bonds is 4. The van der Waals surface area contributed by atoms with E-state index in [2.05, 4.69) is 0 Å². The Morgan fingerprint density at radius 1 is 1.07 bits per heavy atom. The van der Waals surface area contributed by atoms with E-state index < -0.39 is 10.0 Å². The van der Waals surface area contributed by atoms with Gasteiger partial charge >= 0.3 is 0 Å². The number of hydrogen-bond acceptors (Lipinski definition) is 4. The maximum Gasteiger partial charge on any atom is 0.243 e. The Morgan fingerprint density at radius 3 is 2.62 bits per heavy atom. The summed E-state index contributed by atoms with van der Waals surface area (Å²) in [5.41, 5.74) is 2.03. The molecule has 1 fully saturated rings. The van der Waals surface area contributed by atoms with E-state index in [1.807, 2.05) is 23.1 Å². The lowest BCUT2D eigenvalue weighted by atomic mass is 9.95. The molecule has 0 aromatic heterocycles. The highest BCUT2D eigenvalue weighted by Gasteiger charge is 2.36. The normalized spacial score (nSPS) is 20.2. The van der Waals surface area contributed by atoms with Crippen LogP contribution in [0.4, 0.5) is 5.69 Å². The van der Waals surface area contributed by atoms with Gasteiger partial charge in [-0.2, -0.15) is 4.31 Å². The number of sulfonamides is 1. The molecule has 1 saturated heterocycles. The van der Waals surface area contributed by atoms with Crippen LogP contribution in [0.3, 0.4) is 0 Å². The summed E-state index contributed by atoms with van der Waals surface area (Å²) < 4.78 is 32.8. The number of ether oxygens (including phenoxy) is 1. The lowest BCUT2D eigenvalue weighted by Crippen LogP contribution is -2.48. The highest BCUT2D eigenvalue weighted by Crippen LogP contribution is 2.33. The first-order valence-corrected chi connectivity index (χ1v) is 11.5. The second-order valence-corrected chi connectivity index (χ2v) is 9.54. The Hall–Kier alpha value is -2.38. The van der Waals surface area contributed by atoms with E-state index >= 15 is 0 Å². The number of carbonyl (C=O) groups excluding carboxylic acids is 1. The largest absolute Gasteiger partial charge is 0.497 e. The molecule has 2 aromatic carbocycles. The van der Waals surface area contributed by atoms with E-state index in [9.17, 15) is 13.2 Å². The molecule has 0 spiro atoms. The molecule has 0 aliphatic carbocycles. The highest BCUT2D eigenvalue weighted by molar-refractivity contribution is 7.89. The third kappa shape index (κ3) is 3.89. The van der Waals surface area contributed by atoms with E-state index in [0.29, 0.717) is 25.9 Å². The number of nitrogens with zero attached hydrogens (tertiary/aromatic N) is 2. The van der Waals surface area contributed by atoms with Crippen LogP contribution in [0.5, 0.6) is 5.75 Å². The SMILES string of the molecule is COc1ccc2c(c1)CCCN2C(=O)C1CCCN(S(=O)(=O)c2ccccc2)C1. The van der Waals surface area contributed by atoms with Crippen molar-refractivity contribution >= 4 is 21.6 Å². The Balaban J connectivity index is 1.55. The first-order valence-electron chi connectivity index (χ1n) is 10.0. The molecule has 6 nitrogen and oxygen atoms in total. The van der Waals surface area contributed by atoms with E-state index in [0.717, 1.165) is 29.8 Å². The molecule has 0 radical (unpaired) electrons. The van der Waals surface area contributed by atoms with Crippen molar-refractivity contribution in [3.63, 3.8) is 0 Å². The van der Waals surface area contributed by atoms with Gasteiger partial charge in [-0.3, -0.25) is 4.79 Å². The van der Waals surface area contributed by atoms with Crippen molar-refractivity contribution in [3.05, 3.63) is 54.1 Å². The fourth-order valence-electron chi connectivity index (χ4n) is 4.25. The quantitative estimate of drug-likeness (QED) is 0.771. The molecule has 2 aliphatic rings. The standard InChI is InChI=1S/C22H26N2O4S/c1-28-19-11-12-21-17(15-19)7-6-14-24(21)22(25)18-8-5-13-23(16-18)29(26,27)20-9-3-2-4-10-20/h2-4,9-12,15,18H,5-8,13-14,16H2,1H3. The molecule has 1 unspecified atom stereocenters. The van der Waals surface area contributed by atoms with Crippen LogP contribution in [0.2, 0.25) is 0 Å². The summed E-state index contributed by atoms with van der Waals surface area (Å²) >= 11 is 0. The van der Waals surface area contributed by atoms with Gasteiger partial charge in [0, 0.05) is 25.3 Å². The van der Waals surface area contributed by atoms with Crippen molar-refractivity contribution in [2.75, 3.05) is 31.6 Å². The molecule has 4 rings (SSSR count). The van der Waals surface area contributed by atoms with Gasteiger partial charge in [-0.05, 0) is 61.6 Å². The topological polar surface area (TPSA) is 66.9 Å². The van der Waals surface area contributed by atoms with Crippen molar-refractivity contribution in [2.24, 2.45) is 5.92 Å². The highest BCUT2D eigenvalue weighted by atomic mass is 32.2. The molecule has 0 N–H and O–H groups in total. The minimum absolute atomic E-state index is 0.0177. The molecule has 0 saturated carbocycles. The third-order valence-corrected chi connectivity index (χ3v) is 7.67. The maximum atomic E-state index is 13.4. The first kappa shape index (κ1) is 19.9. The molecular formula is C22H26N2O4S. The summed E-state index contributed by atoms with van der Waals surface area (Å²) in [6, 6.07) is 14.2. The maximum absolute atomic E-state index is 13.4. The Kier molecular flexibility index (Phi) is 5.61. The zero-order valence-corrected chi connectivity index (χ0v) is 17.4. The molecule has 29 heavy (non-hydrogen) atoms. The van der Waals surface area contributed by atoms with Gasteiger partial charge in [-0.15, -0.1) is 0 Å². The minimum atomic E-state index is -3.58. The number of amides is 1. The number of methoxy groups -OCH3 is 1. The summed E-state index contributed by atoms with van der Waals surface area (Å²) in [6.45, 7) is 1.35. The molecule has 0 bridgehead atoms. The van der Waals surface area contributed by atoms with Crippen LogP contribution in [-0.4, -0.2) is 45.4 Å². The van der Waals surface area contributed by atoms with Gasteiger partial charge in [0.15, 0.2) is 0 Å². The van der Waals surface area contributed by atoms with Crippen molar-refractivity contribution in [1.29, 1.82) is 0 Å². The Bertz CT molecular complexity index is 991. The molecule has 154 valence electrons. The molecule has 1 amide bonds. The van der Waals surface area contributed by atoms with Crippen LogP contribution >= 0.6 is 0 Å². The number of anilines is 1. The molecule has 1 atom stereocenters. The van der Waals surface area contributed by atoms with E-state index in [4.69, 9.17) is 4.74 Å². The lowest BCUT2D eigenvalue weighted by molar-refractivity contribution is -0.123. The fraction of sp³-hybridized carbons (Fsp3) is 0.409. The zero-order valence-electron chi connectivity index (χ0n) is 16.6. The van der Waals surface area contributed by atoms with Crippen molar-refractivity contribution < 1.29 is 17.9 Å². The first-order chi connectivity index (χ1) is 14.0. The predicted molar refractivity (Wildman–Crippen MR) is 112 cm³/mol. The lowest BCUT2D eigenvalue weighted by Gasteiger charge is -2.36. The van der Waals surface area contributed by atoms with Gasteiger partial charge in [-0.25, -0.2) is 8.42 Å². The number of carbonyl (C=O) groups is 1. The van der Waals surface area contributed by atoms with Crippen LogP contribution in [0.15, 0.2) is 53.4 Å². The average molecular weight is 415 g/mol. The average Bonchev–Trinajstić information content (AvgIpc) is 2.78. The summed E-state index contributed by atoms with van der Waals surface area (Å²) in [5, 5.41) is 0. The van der Waals surface area contributed by atoms with Crippen molar-refractivity contribution in [1.82, 2.24) is 4.31 Å². The van der Waals surface area contributed by atoms with Crippen LogP contribution in [0, 0.1) is 5.92 Å². The Morgan fingerprint density at radius 2 is 1.86 bits per heavy atom. The number of fused-ring (bicyclic) bond motifs is 1. The number of benzene rings is 2. The molecule has 2 aliphatic heterocycles. The van der Waals surface area contributed by atoms with Gasteiger partial charge in [0.2, 0.25) is 15.9 Å². The van der Waals surface area contributed by atoms with Crippen LogP contribution in [0.25, 0.3) is 0 Å². The summed E-state index contributed by atoms with van der Waals surface area (Å²) in [6.07, 6.45) is 3.20. The van der Waals surface area contributed by atoms with Crippen LogP contribution < -0.4 is 9.64 Å². The van der Waals surface area contributed by atoms with Gasteiger partial charge in [0.25, 0.3) is 0 Å². The van der Waals surface area contributed by atoms with Gasteiger partial charge in [-0.1, -0.05) is 18.2 Å². The van der Waals surface area contributed by atoms with Gasteiger partial charge in [0.1, 0.15) is 5.75 Å². The molecule has 7 heteroatoms. The predicted octanol–water partition coefficient (Wildman–Crippen LogP) is 3.08. The number of aryl methyl sites for hydroxylation is 1. The molecule has 2 aromatic rings. The third-order valence-electron chi connectivity index (χ3n) is 5.79. The van der Waals surface area contributed by atoms with E-state index in [1.165, 1.54) is 4.31 Å². The van der Waals surface area contributed by atoms with Gasteiger partial charge < -0.3 is 9.64 Å².